The highest BCUT2D eigenvalue weighted by Crippen LogP contribution is 2.13. The summed E-state index contributed by atoms with van der Waals surface area (Å²) in [5.41, 5.74) is 1.46. The fraction of sp³-hybridized carbons (Fsp3) is 0.133. The summed E-state index contributed by atoms with van der Waals surface area (Å²) in [6.45, 7) is 1.77. The maximum atomic E-state index is 12.8. The number of rotatable bonds is 4. The second-order valence-corrected chi connectivity index (χ2v) is 5.61. The van der Waals surface area contributed by atoms with Crippen LogP contribution < -0.4 is 10.6 Å². The van der Waals surface area contributed by atoms with Crippen LogP contribution in [0, 0.1) is 9.39 Å². The van der Waals surface area contributed by atoms with E-state index in [-0.39, 0.29) is 17.8 Å². The third kappa shape index (κ3) is 4.19. The van der Waals surface area contributed by atoms with Gasteiger partial charge < -0.3 is 10.6 Å². The van der Waals surface area contributed by atoms with Crippen molar-refractivity contribution in [2.24, 2.45) is 0 Å². The van der Waals surface area contributed by atoms with Crippen molar-refractivity contribution < 1.29 is 9.18 Å². The van der Waals surface area contributed by atoms with Gasteiger partial charge in [-0.15, -0.1) is 0 Å². The van der Waals surface area contributed by atoms with Crippen molar-refractivity contribution in [1.82, 2.24) is 0 Å². The molecular weight excluding hydrogens is 370 g/mol. The summed E-state index contributed by atoms with van der Waals surface area (Å²) >= 11 is 2.22. The molecule has 2 N–H and O–H groups in total. The lowest BCUT2D eigenvalue weighted by molar-refractivity contribution is -0.116. The average Bonchev–Trinajstić information content (AvgIpc) is 2.44. The molecule has 5 heteroatoms. The van der Waals surface area contributed by atoms with Crippen molar-refractivity contribution in [3.8, 4) is 0 Å². The molecule has 0 aliphatic carbocycles. The number of hydrogen-bond acceptors (Lipinski definition) is 2. The Hall–Kier alpha value is -1.63. The van der Waals surface area contributed by atoms with E-state index in [0.29, 0.717) is 5.69 Å². The predicted molar refractivity (Wildman–Crippen MR) is 87.3 cm³/mol. The Bertz CT molecular complexity index is 584. The first-order valence-corrected chi connectivity index (χ1v) is 7.21. The Morgan fingerprint density at radius 3 is 2.20 bits per heavy atom. The van der Waals surface area contributed by atoms with Crippen LogP contribution in [0.1, 0.15) is 6.92 Å². The number of anilines is 2. The highest BCUT2D eigenvalue weighted by molar-refractivity contribution is 14.1. The minimum atomic E-state index is -0.389. The maximum Gasteiger partial charge on any atom is 0.246 e. The molecule has 1 atom stereocenters. The summed E-state index contributed by atoms with van der Waals surface area (Å²) in [5.74, 6) is -0.497. The number of amides is 1. The number of benzene rings is 2. The standard InChI is InChI=1S/C15H14FIN2O/c1-10(18-13-8-4-12(17)5-9-13)15(20)19-14-6-2-11(16)3-7-14/h2-10,18H,1H3,(H,19,20)/t10-/m1/s1. The Kier molecular flexibility index (Phi) is 4.94. The molecular formula is C15H14FIN2O. The van der Waals surface area contributed by atoms with Crippen LogP contribution in [0.4, 0.5) is 15.8 Å². The molecule has 0 bridgehead atoms. The molecule has 2 aromatic carbocycles. The molecule has 2 aromatic rings. The lowest BCUT2D eigenvalue weighted by Crippen LogP contribution is -2.31. The topological polar surface area (TPSA) is 41.1 Å². The van der Waals surface area contributed by atoms with Gasteiger partial charge >= 0.3 is 0 Å². The van der Waals surface area contributed by atoms with Crippen molar-refractivity contribution in [3.63, 3.8) is 0 Å². The lowest BCUT2D eigenvalue weighted by Gasteiger charge is -2.15. The molecule has 2 rings (SSSR count). The van der Waals surface area contributed by atoms with E-state index in [0.717, 1.165) is 9.26 Å². The zero-order chi connectivity index (χ0) is 14.5. The van der Waals surface area contributed by atoms with Crippen molar-refractivity contribution in [2.45, 2.75) is 13.0 Å². The maximum absolute atomic E-state index is 12.8. The largest absolute Gasteiger partial charge is 0.374 e. The van der Waals surface area contributed by atoms with Crippen LogP contribution in [0.2, 0.25) is 0 Å². The van der Waals surface area contributed by atoms with Gasteiger partial charge in [0.25, 0.3) is 0 Å². The zero-order valence-corrected chi connectivity index (χ0v) is 13.0. The van der Waals surface area contributed by atoms with E-state index in [2.05, 4.69) is 33.2 Å². The van der Waals surface area contributed by atoms with Gasteiger partial charge in [0.2, 0.25) is 5.91 Å². The van der Waals surface area contributed by atoms with Crippen LogP contribution in [-0.4, -0.2) is 11.9 Å². The smallest absolute Gasteiger partial charge is 0.246 e. The second-order valence-electron chi connectivity index (χ2n) is 4.37. The number of halogens is 2. The number of carbonyl (C=O) groups excluding carboxylic acids is 1. The summed E-state index contributed by atoms with van der Waals surface area (Å²) in [4.78, 5) is 12.0. The Balaban J connectivity index is 1.94. The molecule has 0 saturated heterocycles. The first-order chi connectivity index (χ1) is 9.54. The monoisotopic (exact) mass is 384 g/mol. The fourth-order valence-corrected chi connectivity index (χ4v) is 2.00. The normalized spacial score (nSPS) is 11.8. The van der Waals surface area contributed by atoms with E-state index in [1.807, 2.05) is 24.3 Å². The van der Waals surface area contributed by atoms with Crippen molar-refractivity contribution >= 4 is 39.9 Å². The average molecular weight is 384 g/mol. The van der Waals surface area contributed by atoms with Gasteiger partial charge in [0.15, 0.2) is 0 Å². The Labute approximate surface area is 130 Å². The molecule has 20 heavy (non-hydrogen) atoms. The summed E-state index contributed by atoms with van der Waals surface area (Å²) < 4.78 is 13.9. The molecule has 0 aliphatic heterocycles. The molecule has 3 nitrogen and oxygen atoms in total. The van der Waals surface area contributed by atoms with E-state index in [1.54, 1.807) is 6.92 Å². The van der Waals surface area contributed by atoms with E-state index in [1.165, 1.54) is 24.3 Å². The third-order valence-corrected chi connectivity index (χ3v) is 3.45. The molecule has 0 fully saturated rings. The highest BCUT2D eigenvalue weighted by Gasteiger charge is 2.12. The quantitative estimate of drug-likeness (QED) is 0.786. The molecule has 0 aliphatic rings. The van der Waals surface area contributed by atoms with Gasteiger partial charge in [0.05, 0.1) is 0 Å². The lowest BCUT2D eigenvalue weighted by atomic mass is 10.2. The predicted octanol–water partition coefficient (Wildman–Crippen LogP) is 3.87. The van der Waals surface area contributed by atoms with E-state index < -0.39 is 0 Å². The van der Waals surface area contributed by atoms with Crippen LogP contribution >= 0.6 is 22.6 Å². The molecule has 0 aromatic heterocycles. The van der Waals surface area contributed by atoms with Gasteiger partial charge in [-0.05, 0) is 78.0 Å². The molecule has 0 radical (unpaired) electrons. The van der Waals surface area contributed by atoms with Crippen LogP contribution in [0.5, 0.6) is 0 Å². The molecule has 0 saturated carbocycles. The van der Waals surface area contributed by atoms with Gasteiger partial charge in [0.1, 0.15) is 11.9 Å². The van der Waals surface area contributed by atoms with Gasteiger partial charge in [-0.25, -0.2) is 4.39 Å². The summed E-state index contributed by atoms with van der Waals surface area (Å²) in [6, 6.07) is 13.1. The zero-order valence-electron chi connectivity index (χ0n) is 10.9. The second kappa shape index (κ2) is 6.69. The van der Waals surface area contributed by atoms with Crippen LogP contribution in [0.3, 0.4) is 0 Å². The van der Waals surface area contributed by atoms with Crippen LogP contribution in [0.15, 0.2) is 48.5 Å². The molecule has 0 spiro atoms. The van der Waals surface area contributed by atoms with Gasteiger partial charge in [0, 0.05) is 14.9 Å². The minimum absolute atomic E-state index is 0.171. The van der Waals surface area contributed by atoms with Gasteiger partial charge in [-0.2, -0.15) is 0 Å². The van der Waals surface area contributed by atoms with Crippen molar-refractivity contribution in [2.75, 3.05) is 10.6 Å². The first-order valence-electron chi connectivity index (χ1n) is 6.13. The van der Waals surface area contributed by atoms with Crippen molar-refractivity contribution in [1.29, 1.82) is 0 Å². The van der Waals surface area contributed by atoms with Crippen LogP contribution in [-0.2, 0) is 4.79 Å². The Morgan fingerprint density at radius 2 is 1.60 bits per heavy atom. The number of nitrogens with one attached hydrogen (secondary N) is 2. The summed E-state index contributed by atoms with van der Waals surface area (Å²) in [7, 11) is 0. The van der Waals surface area contributed by atoms with Gasteiger partial charge in [-0.3, -0.25) is 4.79 Å². The Morgan fingerprint density at radius 1 is 1.05 bits per heavy atom. The molecule has 0 unspecified atom stereocenters. The summed E-state index contributed by atoms with van der Waals surface area (Å²) in [6.07, 6.45) is 0. The van der Waals surface area contributed by atoms with Gasteiger partial charge in [-0.1, -0.05) is 0 Å². The molecule has 1 amide bonds. The van der Waals surface area contributed by atoms with Crippen LogP contribution in [0.25, 0.3) is 0 Å². The molecule has 0 heterocycles. The highest BCUT2D eigenvalue weighted by atomic mass is 127. The third-order valence-electron chi connectivity index (χ3n) is 2.73. The van der Waals surface area contributed by atoms with Crippen molar-refractivity contribution in [3.05, 3.63) is 57.9 Å². The fourth-order valence-electron chi connectivity index (χ4n) is 1.65. The SMILES string of the molecule is C[C@@H](Nc1ccc(I)cc1)C(=O)Nc1ccc(F)cc1. The first kappa shape index (κ1) is 14.8. The van der Waals surface area contributed by atoms with E-state index >= 15 is 0 Å². The molecule has 104 valence electrons. The number of hydrogen-bond donors (Lipinski definition) is 2. The summed E-state index contributed by atoms with van der Waals surface area (Å²) in [5, 5.41) is 5.84. The van der Waals surface area contributed by atoms with E-state index in [9.17, 15) is 9.18 Å². The number of carbonyl (C=O) groups is 1. The van der Waals surface area contributed by atoms with E-state index in [4.69, 9.17) is 0 Å². The minimum Gasteiger partial charge on any atom is -0.374 e.